The fraction of sp³-hybridized carbons (Fsp3) is 0.700. The maximum atomic E-state index is 11.9. The minimum atomic E-state index is -4.20. The Balaban J connectivity index is 3.15. The summed E-state index contributed by atoms with van der Waals surface area (Å²) in [7, 11) is -12.5. The van der Waals surface area contributed by atoms with Crippen molar-refractivity contribution in [2.45, 2.75) is 19.5 Å². The van der Waals surface area contributed by atoms with Crippen LogP contribution in [0.3, 0.4) is 0 Å². The third-order valence-corrected chi connectivity index (χ3v) is 9.89. The first-order valence-corrected chi connectivity index (χ1v) is 17.7. The van der Waals surface area contributed by atoms with E-state index in [0.29, 0.717) is 5.56 Å². The van der Waals surface area contributed by atoms with Crippen molar-refractivity contribution < 1.29 is 50.8 Å². The Morgan fingerprint density at radius 2 is 0.947 bits per heavy atom. The quantitative estimate of drug-likeness (QED) is 0.144. The predicted molar refractivity (Wildman–Crippen MR) is 140 cm³/mol. The molecule has 18 heteroatoms. The van der Waals surface area contributed by atoms with Crippen LogP contribution in [0.15, 0.2) is 24.3 Å². The molecule has 1 N–H and O–H groups in total. The highest BCUT2D eigenvalue weighted by Crippen LogP contribution is 2.16. The second kappa shape index (κ2) is 15.5. The molecule has 0 fully saturated rings. The van der Waals surface area contributed by atoms with E-state index in [2.05, 4.69) is 12.5 Å². The van der Waals surface area contributed by atoms with Gasteiger partial charge in [0.15, 0.2) is 0 Å². The molecule has 0 spiro atoms. The molecule has 14 nitrogen and oxygen atoms in total. The first-order chi connectivity index (χ1) is 17.5. The molecule has 0 saturated carbocycles. The van der Waals surface area contributed by atoms with Gasteiger partial charge in [-0.2, -0.15) is 33.7 Å². The first-order valence-electron chi connectivity index (χ1n) is 11.3. The summed E-state index contributed by atoms with van der Waals surface area (Å²) in [6.45, 7) is 0.445. The van der Waals surface area contributed by atoms with Crippen LogP contribution in [0.4, 0.5) is 0 Å². The van der Waals surface area contributed by atoms with Gasteiger partial charge in [-0.3, -0.25) is 26.9 Å². The van der Waals surface area contributed by atoms with Gasteiger partial charge < -0.3 is 0 Å². The van der Waals surface area contributed by atoms with Crippen molar-refractivity contribution in [1.82, 2.24) is 9.80 Å². The van der Waals surface area contributed by atoms with E-state index >= 15 is 0 Å². The minimum absolute atomic E-state index is 0.0118. The van der Waals surface area contributed by atoms with E-state index < -0.39 is 46.2 Å². The number of rotatable bonds is 20. The zero-order chi connectivity index (χ0) is 29.0. The second-order valence-electron chi connectivity index (χ2n) is 8.25. The standard InChI is InChI=1S/C20H36N2O12S4/c1-32-36(26,27)14-10-21(9-6-13-35(23,24)25)17-19-7-4-5-8-20(19)18-22(11-15-37(28,29)33-2)12-16-38(30,31)34-3/h4-5,7-8H,6,9-18H2,1-3H3,(H,23,24,25). The monoisotopic (exact) mass is 624 g/mol. The number of hydrogen-bond acceptors (Lipinski definition) is 13. The van der Waals surface area contributed by atoms with Gasteiger partial charge in [0.25, 0.3) is 40.5 Å². The lowest BCUT2D eigenvalue weighted by Crippen LogP contribution is -2.35. The van der Waals surface area contributed by atoms with E-state index in [1.165, 1.54) is 0 Å². The van der Waals surface area contributed by atoms with Crippen molar-refractivity contribution in [3.05, 3.63) is 35.4 Å². The molecule has 1 aromatic carbocycles. The van der Waals surface area contributed by atoms with Gasteiger partial charge in [0.2, 0.25) is 0 Å². The summed E-state index contributed by atoms with van der Waals surface area (Å²) in [6, 6.07) is 7.02. The van der Waals surface area contributed by atoms with Gasteiger partial charge in [0, 0.05) is 32.7 Å². The zero-order valence-electron chi connectivity index (χ0n) is 21.6. The van der Waals surface area contributed by atoms with Gasteiger partial charge in [-0.1, -0.05) is 24.3 Å². The zero-order valence-corrected chi connectivity index (χ0v) is 24.8. The summed E-state index contributed by atoms with van der Waals surface area (Å²) < 4.78 is 116. The van der Waals surface area contributed by atoms with E-state index in [0.717, 1.165) is 26.9 Å². The first kappa shape index (κ1) is 34.8. The molecule has 0 aliphatic heterocycles. The molecule has 0 unspecified atom stereocenters. The van der Waals surface area contributed by atoms with Crippen molar-refractivity contribution in [3.8, 4) is 0 Å². The normalized spacial score (nSPS) is 13.4. The largest absolute Gasteiger partial charge is 0.298 e. The Hall–Kier alpha value is -1.22. The molecule has 1 rings (SSSR count). The van der Waals surface area contributed by atoms with Crippen molar-refractivity contribution in [2.75, 3.05) is 70.5 Å². The van der Waals surface area contributed by atoms with Gasteiger partial charge in [-0.05, 0) is 24.1 Å². The van der Waals surface area contributed by atoms with Gasteiger partial charge in [-0.15, -0.1) is 0 Å². The highest BCUT2D eigenvalue weighted by Gasteiger charge is 2.20. The molecule has 0 amide bonds. The SMILES string of the molecule is COS(=O)(=O)CCN(CCCS(=O)(=O)O)Cc1ccccc1CN(CCS(=O)(=O)OC)CCS(=O)(=O)OC. The van der Waals surface area contributed by atoms with Crippen LogP contribution in [0.2, 0.25) is 0 Å². The van der Waals surface area contributed by atoms with Crippen LogP contribution in [0, 0.1) is 0 Å². The van der Waals surface area contributed by atoms with Crippen molar-refractivity contribution in [3.63, 3.8) is 0 Å². The summed E-state index contributed by atoms with van der Waals surface area (Å²) in [5, 5.41) is 0. The van der Waals surface area contributed by atoms with Crippen molar-refractivity contribution in [1.29, 1.82) is 0 Å². The summed E-state index contributed by atoms with van der Waals surface area (Å²) >= 11 is 0. The Bertz CT molecular complexity index is 1260. The number of benzene rings is 1. The average Bonchev–Trinajstić information content (AvgIpc) is 2.84. The molecule has 0 saturated heterocycles. The lowest BCUT2D eigenvalue weighted by molar-refractivity contribution is 0.267. The van der Waals surface area contributed by atoms with E-state index in [1.807, 2.05) is 0 Å². The van der Waals surface area contributed by atoms with Crippen LogP contribution >= 0.6 is 0 Å². The molecule has 0 aliphatic carbocycles. The van der Waals surface area contributed by atoms with E-state index in [9.17, 15) is 33.7 Å². The Morgan fingerprint density at radius 1 is 0.605 bits per heavy atom. The average molecular weight is 625 g/mol. The molecule has 0 aliphatic rings. The van der Waals surface area contributed by atoms with Gasteiger partial charge in [0.05, 0.1) is 44.3 Å². The predicted octanol–water partition coefficient (Wildman–Crippen LogP) is -0.503. The summed E-state index contributed by atoms with van der Waals surface area (Å²) in [5.41, 5.74) is 1.44. The summed E-state index contributed by atoms with van der Waals surface area (Å²) in [5.74, 6) is -1.62. The maximum Gasteiger partial charge on any atom is 0.268 e. The Labute approximate surface area is 226 Å². The van der Waals surface area contributed by atoms with Crippen LogP contribution in [0.1, 0.15) is 17.5 Å². The van der Waals surface area contributed by atoms with Crippen LogP contribution in [-0.2, 0) is 66.1 Å². The molecule has 38 heavy (non-hydrogen) atoms. The van der Waals surface area contributed by atoms with Gasteiger partial charge in [-0.25, -0.2) is 0 Å². The fourth-order valence-corrected chi connectivity index (χ4v) is 5.77. The molecule has 1 aromatic rings. The molecule has 0 heterocycles. The Morgan fingerprint density at radius 3 is 1.26 bits per heavy atom. The minimum Gasteiger partial charge on any atom is -0.298 e. The van der Waals surface area contributed by atoms with E-state index in [-0.39, 0.29) is 62.9 Å². The van der Waals surface area contributed by atoms with E-state index in [1.54, 1.807) is 34.1 Å². The van der Waals surface area contributed by atoms with Gasteiger partial charge in [0.1, 0.15) is 0 Å². The summed E-state index contributed by atoms with van der Waals surface area (Å²) in [6.07, 6.45) is 0.0455. The molecule has 0 aromatic heterocycles. The highest BCUT2D eigenvalue weighted by atomic mass is 32.2. The van der Waals surface area contributed by atoms with E-state index in [4.69, 9.17) is 4.55 Å². The van der Waals surface area contributed by atoms with Crippen LogP contribution in [-0.4, -0.2) is 119 Å². The van der Waals surface area contributed by atoms with Crippen LogP contribution < -0.4 is 0 Å². The molecular weight excluding hydrogens is 588 g/mol. The van der Waals surface area contributed by atoms with Crippen molar-refractivity contribution >= 4 is 40.5 Å². The molecule has 0 bridgehead atoms. The third-order valence-electron chi connectivity index (χ3n) is 5.52. The molecule has 0 radical (unpaired) electrons. The third kappa shape index (κ3) is 14.8. The maximum absolute atomic E-state index is 11.9. The van der Waals surface area contributed by atoms with Crippen LogP contribution in [0.25, 0.3) is 0 Å². The number of nitrogens with zero attached hydrogens (tertiary/aromatic N) is 2. The lowest BCUT2D eigenvalue weighted by atomic mass is 10.1. The second-order valence-corrected chi connectivity index (χ2v) is 15.4. The lowest BCUT2D eigenvalue weighted by Gasteiger charge is -2.26. The van der Waals surface area contributed by atoms with Crippen molar-refractivity contribution in [2.24, 2.45) is 0 Å². The number of hydrogen-bond donors (Lipinski definition) is 1. The van der Waals surface area contributed by atoms with Crippen LogP contribution in [0.5, 0.6) is 0 Å². The highest BCUT2D eigenvalue weighted by molar-refractivity contribution is 7.87. The fourth-order valence-electron chi connectivity index (χ4n) is 3.33. The summed E-state index contributed by atoms with van der Waals surface area (Å²) in [4.78, 5) is 3.31. The molecular formula is C20H36N2O12S4. The molecule has 222 valence electrons. The topological polar surface area (TPSA) is 191 Å². The molecule has 0 atom stereocenters. The van der Waals surface area contributed by atoms with Gasteiger partial charge >= 0.3 is 0 Å². The Kier molecular flexibility index (Phi) is 14.2. The smallest absolute Gasteiger partial charge is 0.268 e.